The van der Waals surface area contributed by atoms with E-state index in [1.165, 1.54) is 0 Å². The van der Waals surface area contributed by atoms with Crippen LogP contribution in [0.4, 0.5) is 5.95 Å². The lowest BCUT2D eigenvalue weighted by atomic mass is 9.79. The fourth-order valence-electron chi connectivity index (χ4n) is 5.04. The second-order valence-electron chi connectivity index (χ2n) is 9.89. The van der Waals surface area contributed by atoms with E-state index in [0.717, 1.165) is 45.4 Å². The molecular weight excluding hydrogens is 420 g/mol. The van der Waals surface area contributed by atoms with Crippen molar-refractivity contribution in [3.05, 3.63) is 36.2 Å². The maximum absolute atomic E-state index is 4.69. The topological polar surface area (TPSA) is 95.5 Å². The minimum absolute atomic E-state index is 0.0581. The predicted molar refractivity (Wildman–Crippen MR) is 129 cm³/mol. The summed E-state index contributed by atoms with van der Waals surface area (Å²) in [5.74, 6) is 0.655. The maximum atomic E-state index is 4.69. The molecule has 1 aromatic carbocycles. The lowest BCUT2D eigenvalue weighted by Gasteiger charge is -2.48. The van der Waals surface area contributed by atoms with Crippen molar-refractivity contribution < 1.29 is 0 Å². The number of nitrogens with one attached hydrogen (secondary N) is 2. The van der Waals surface area contributed by atoms with Crippen LogP contribution in [0.5, 0.6) is 0 Å². The molecule has 0 unspecified atom stereocenters. The van der Waals surface area contributed by atoms with Gasteiger partial charge in [-0.15, -0.1) is 21.5 Å². The Hall–Kier alpha value is -2.91. The quantitative estimate of drug-likeness (QED) is 0.481. The smallest absolute Gasteiger partial charge is 0.245 e. The van der Waals surface area contributed by atoms with Gasteiger partial charge in [0.25, 0.3) is 0 Å². The monoisotopic (exact) mass is 448 g/mol. The fourth-order valence-corrected chi connectivity index (χ4v) is 5.88. The maximum Gasteiger partial charge on any atom is 0.245 e. The van der Waals surface area contributed by atoms with E-state index >= 15 is 0 Å². The van der Waals surface area contributed by atoms with Crippen LogP contribution < -0.4 is 10.2 Å². The van der Waals surface area contributed by atoms with Crippen LogP contribution in [0.3, 0.4) is 0 Å². The molecule has 0 bridgehead atoms. The lowest BCUT2D eigenvalue weighted by Crippen LogP contribution is -2.62. The van der Waals surface area contributed by atoms with Gasteiger partial charge in [0.15, 0.2) is 0 Å². The molecule has 1 fully saturated rings. The number of hydrogen-bond acceptors (Lipinski definition) is 8. The Labute approximate surface area is 191 Å². The summed E-state index contributed by atoms with van der Waals surface area (Å²) in [6.45, 7) is 9.02. The number of benzene rings is 1. The lowest BCUT2D eigenvalue weighted by molar-refractivity contribution is 0.160. The number of rotatable bonds is 4. The summed E-state index contributed by atoms with van der Waals surface area (Å²) in [4.78, 5) is 11.5. The van der Waals surface area contributed by atoms with Gasteiger partial charge in [0, 0.05) is 47.1 Å². The molecule has 1 saturated heterocycles. The summed E-state index contributed by atoms with van der Waals surface area (Å²) in [6.07, 6.45) is 7.55. The van der Waals surface area contributed by atoms with Crippen molar-refractivity contribution in [1.29, 1.82) is 0 Å². The first-order valence-electron chi connectivity index (χ1n) is 10.8. The first kappa shape index (κ1) is 21.0. The van der Waals surface area contributed by atoms with Gasteiger partial charge in [-0.1, -0.05) is 12.1 Å². The van der Waals surface area contributed by atoms with Crippen LogP contribution in [-0.2, 0) is 0 Å². The average Bonchev–Trinajstić information content (AvgIpc) is 3.43. The first-order valence-corrected chi connectivity index (χ1v) is 11.7. The zero-order valence-corrected chi connectivity index (χ0v) is 19.9. The Morgan fingerprint density at radius 2 is 1.75 bits per heavy atom. The Morgan fingerprint density at radius 1 is 1.00 bits per heavy atom. The van der Waals surface area contributed by atoms with Gasteiger partial charge in [-0.3, -0.25) is 5.10 Å². The summed E-state index contributed by atoms with van der Waals surface area (Å²) in [7, 11) is 2.07. The third-order valence-corrected chi connectivity index (χ3v) is 7.01. The van der Waals surface area contributed by atoms with E-state index in [1.54, 1.807) is 11.3 Å². The minimum atomic E-state index is 0.0581. The van der Waals surface area contributed by atoms with Crippen molar-refractivity contribution in [3.8, 4) is 22.4 Å². The second-order valence-corrected chi connectivity index (χ2v) is 10.7. The van der Waals surface area contributed by atoms with E-state index in [4.69, 9.17) is 4.98 Å². The SMILES string of the molecule is CN(c1ncc(-c2ccc(-c3cn[nH]c3)c3ncsc23)nn1)C1CC(C)(C)NC(C)(C)C1. The zero-order chi connectivity index (χ0) is 22.5. The molecule has 0 radical (unpaired) electrons. The molecule has 2 N–H and O–H groups in total. The fraction of sp³-hybridized carbons (Fsp3) is 0.435. The Morgan fingerprint density at radius 3 is 2.41 bits per heavy atom. The number of hydrogen-bond donors (Lipinski definition) is 2. The van der Waals surface area contributed by atoms with Gasteiger partial charge in [0.05, 0.1) is 28.1 Å². The number of anilines is 1. The summed E-state index contributed by atoms with van der Waals surface area (Å²) in [5, 5.41) is 19.7. The van der Waals surface area contributed by atoms with E-state index in [0.29, 0.717) is 12.0 Å². The van der Waals surface area contributed by atoms with E-state index in [1.807, 2.05) is 24.1 Å². The second kappa shape index (κ2) is 7.60. The van der Waals surface area contributed by atoms with Crippen molar-refractivity contribution in [2.45, 2.75) is 57.7 Å². The summed E-state index contributed by atoms with van der Waals surface area (Å²) in [6, 6.07) is 4.47. The number of piperidine rings is 1. The molecule has 32 heavy (non-hydrogen) atoms. The molecule has 0 saturated carbocycles. The largest absolute Gasteiger partial charge is 0.339 e. The van der Waals surface area contributed by atoms with E-state index in [-0.39, 0.29) is 11.1 Å². The van der Waals surface area contributed by atoms with Crippen molar-refractivity contribution in [2.75, 3.05) is 11.9 Å². The van der Waals surface area contributed by atoms with Crippen LogP contribution in [0.15, 0.2) is 36.2 Å². The van der Waals surface area contributed by atoms with E-state index < -0.39 is 0 Å². The number of aromatic nitrogens is 6. The van der Waals surface area contributed by atoms with Crippen LogP contribution >= 0.6 is 11.3 Å². The third-order valence-electron chi connectivity index (χ3n) is 6.15. The van der Waals surface area contributed by atoms with E-state index in [9.17, 15) is 0 Å². The van der Waals surface area contributed by atoms with E-state index in [2.05, 4.69) is 82.5 Å². The molecule has 4 aromatic rings. The standard InChI is InChI=1S/C23H28N8S/c1-22(2)8-15(9-23(3,4)30-22)31(5)21-24-12-18(28-29-21)17-7-6-16(14-10-26-27-11-14)19-20(17)32-13-25-19/h6-7,10-13,15,30H,8-9H2,1-5H3,(H,26,27). The number of aromatic amines is 1. The zero-order valence-electron chi connectivity index (χ0n) is 19.0. The average molecular weight is 449 g/mol. The number of thiazole rings is 1. The molecule has 9 heteroatoms. The highest BCUT2D eigenvalue weighted by Gasteiger charge is 2.39. The number of fused-ring (bicyclic) bond motifs is 1. The molecule has 5 rings (SSSR count). The van der Waals surface area contributed by atoms with Crippen LogP contribution in [-0.4, -0.2) is 54.5 Å². The van der Waals surface area contributed by atoms with Crippen LogP contribution in [0, 0.1) is 0 Å². The molecule has 1 aliphatic heterocycles. The molecule has 8 nitrogen and oxygen atoms in total. The van der Waals surface area contributed by atoms with Crippen molar-refractivity contribution in [1.82, 2.24) is 35.7 Å². The highest BCUT2D eigenvalue weighted by molar-refractivity contribution is 7.17. The molecular formula is C23H28N8S. The minimum Gasteiger partial charge on any atom is -0.339 e. The van der Waals surface area contributed by atoms with Gasteiger partial charge in [0.2, 0.25) is 5.95 Å². The molecule has 4 heterocycles. The molecule has 0 aliphatic carbocycles. The molecule has 1 aliphatic rings. The highest BCUT2D eigenvalue weighted by Crippen LogP contribution is 2.36. The van der Waals surface area contributed by atoms with Gasteiger partial charge in [-0.25, -0.2) is 9.97 Å². The van der Waals surface area contributed by atoms with Crippen LogP contribution in [0.25, 0.3) is 32.6 Å². The normalized spacial score (nSPS) is 18.2. The summed E-state index contributed by atoms with van der Waals surface area (Å²) < 4.78 is 1.07. The number of nitrogens with zero attached hydrogens (tertiary/aromatic N) is 6. The Bertz CT molecular complexity index is 1210. The van der Waals surface area contributed by atoms with Gasteiger partial charge in [-0.05, 0) is 40.5 Å². The van der Waals surface area contributed by atoms with Crippen molar-refractivity contribution in [3.63, 3.8) is 0 Å². The van der Waals surface area contributed by atoms with Gasteiger partial charge >= 0.3 is 0 Å². The van der Waals surface area contributed by atoms with Gasteiger partial charge in [-0.2, -0.15) is 5.10 Å². The predicted octanol–water partition coefficient (Wildman–Crippen LogP) is 4.28. The summed E-state index contributed by atoms with van der Waals surface area (Å²) in [5.41, 5.74) is 6.73. The molecule has 3 aromatic heterocycles. The first-order chi connectivity index (χ1) is 15.2. The Balaban J connectivity index is 1.44. The van der Waals surface area contributed by atoms with Crippen molar-refractivity contribution in [2.24, 2.45) is 0 Å². The molecule has 166 valence electrons. The third kappa shape index (κ3) is 3.86. The molecule has 0 spiro atoms. The molecule has 0 atom stereocenters. The van der Waals surface area contributed by atoms with Crippen molar-refractivity contribution >= 4 is 27.5 Å². The molecule has 0 amide bonds. The Kier molecular flexibility index (Phi) is 4.98. The summed E-state index contributed by atoms with van der Waals surface area (Å²) >= 11 is 1.60. The van der Waals surface area contributed by atoms with Crippen LogP contribution in [0.2, 0.25) is 0 Å². The highest BCUT2D eigenvalue weighted by atomic mass is 32.1. The number of H-pyrrole nitrogens is 1. The van der Waals surface area contributed by atoms with Crippen LogP contribution in [0.1, 0.15) is 40.5 Å². The van der Waals surface area contributed by atoms with Gasteiger partial charge in [0.1, 0.15) is 5.69 Å². The van der Waals surface area contributed by atoms with Gasteiger partial charge < -0.3 is 10.2 Å².